The van der Waals surface area contributed by atoms with E-state index in [4.69, 9.17) is 10.5 Å². The molecular weight excluding hydrogens is 350 g/mol. The van der Waals surface area contributed by atoms with Crippen LogP contribution in [0.1, 0.15) is 6.42 Å². The Kier molecular flexibility index (Phi) is 4.59. The van der Waals surface area contributed by atoms with Crippen molar-refractivity contribution < 1.29 is 4.74 Å². The molecule has 11 nitrogen and oxygen atoms in total. The molecule has 1 fully saturated rings. The molecule has 27 heavy (non-hydrogen) atoms. The van der Waals surface area contributed by atoms with Crippen LogP contribution in [0.5, 0.6) is 0 Å². The van der Waals surface area contributed by atoms with Crippen molar-refractivity contribution in [2.24, 2.45) is 7.05 Å². The fraction of sp³-hybridized carbons (Fsp3) is 0.438. The number of nitrogens with one attached hydrogen (secondary N) is 2. The summed E-state index contributed by atoms with van der Waals surface area (Å²) in [5.41, 5.74) is 7.68. The highest BCUT2D eigenvalue weighted by molar-refractivity contribution is 5.83. The number of nitrogens with two attached hydrogens (primary N) is 1. The summed E-state index contributed by atoms with van der Waals surface area (Å²) < 4.78 is 7.17. The zero-order valence-corrected chi connectivity index (χ0v) is 14.9. The predicted octanol–water partition coefficient (Wildman–Crippen LogP) is -0.264. The number of imidazole rings is 1. The van der Waals surface area contributed by atoms with Crippen LogP contribution in [0.4, 0.5) is 17.5 Å². The number of morpholine rings is 1. The molecule has 4 rings (SSSR count). The fourth-order valence-electron chi connectivity index (χ4n) is 3.09. The number of fused-ring (bicyclic) bond motifs is 1. The lowest BCUT2D eigenvalue weighted by molar-refractivity contribution is 0.0375. The second-order valence-electron chi connectivity index (χ2n) is 6.36. The van der Waals surface area contributed by atoms with Crippen molar-refractivity contribution in [2.75, 3.05) is 42.2 Å². The maximum Gasteiger partial charge on any atom is 0.268 e. The first-order valence-corrected chi connectivity index (χ1v) is 8.70. The van der Waals surface area contributed by atoms with Crippen LogP contribution in [0, 0.1) is 0 Å². The zero-order chi connectivity index (χ0) is 18.8. The highest BCUT2D eigenvalue weighted by atomic mass is 16.5. The van der Waals surface area contributed by atoms with Crippen molar-refractivity contribution >= 4 is 28.6 Å². The van der Waals surface area contributed by atoms with Crippen LogP contribution >= 0.6 is 0 Å². The smallest absolute Gasteiger partial charge is 0.268 e. The van der Waals surface area contributed by atoms with Crippen molar-refractivity contribution in [1.82, 2.24) is 29.7 Å². The number of aromatic nitrogens is 6. The number of hydrogen-bond donors (Lipinski definition) is 3. The van der Waals surface area contributed by atoms with Crippen LogP contribution in [0.3, 0.4) is 0 Å². The highest BCUT2D eigenvalue weighted by Crippen LogP contribution is 2.19. The van der Waals surface area contributed by atoms with E-state index in [1.165, 1.54) is 4.68 Å². The van der Waals surface area contributed by atoms with Gasteiger partial charge < -0.3 is 25.7 Å². The van der Waals surface area contributed by atoms with Crippen LogP contribution in [0.2, 0.25) is 0 Å². The fourth-order valence-corrected chi connectivity index (χ4v) is 3.09. The van der Waals surface area contributed by atoms with Crippen molar-refractivity contribution in [3.63, 3.8) is 0 Å². The van der Waals surface area contributed by atoms with Crippen molar-refractivity contribution in [1.29, 1.82) is 0 Å². The van der Waals surface area contributed by atoms with Gasteiger partial charge in [0.15, 0.2) is 11.5 Å². The van der Waals surface area contributed by atoms with Crippen LogP contribution in [0.15, 0.2) is 23.4 Å². The number of rotatable bonds is 5. The Balaban J connectivity index is 1.37. The predicted molar refractivity (Wildman–Crippen MR) is 101 cm³/mol. The Morgan fingerprint density at radius 2 is 2.33 bits per heavy atom. The maximum absolute atomic E-state index is 11.8. The van der Waals surface area contributed by atoms with E-state index in [0.717, 1.165) is 24.2 Å². The number of H-pyrrole nitrogens is 1. The molecule has 142 valence electrons. The molecule has 0 aliphatic carbocycles. The standard InChI is InChI=1S/C16H21N9O2/c1-24-12(26)6-10(7-21-24)25-4-5-27-11(8-25)2-3-18-14-13-15(20-9-19-13)23-16(17)22-14/h6-7,9,11H,2-5,8H2,1H3,(H4,17,18,19,20,22,23). The monoisotopic (exact) mass is 371 g/mol. The first-order valence-electron chi connectivity index (χ1n) is 8.70. The van der Waals surface area contributed by atoms with Gasteiger partial charge in [-0.3, -0.25) is 4.79 Å². The van der Waals surface area contributed by atoms with Gasteiger partial charge in [-0.1, -0.05) is 0 Å². The molecule has 1 aliphatic heterocycles. The second kappa shape index (κ2) is 7.19. The number of aryl methyl sites for hydroxylation is 1. The quantitative estimate of drug-likeness (QED) is 0.553. The molecule has 4 heterocycles. The summed E-state index contributed by atoms with van der Waals surface area (Å²) in [7, 11) is 1.64. The average Bonchev–Trinajstić information content (AvgIpc) is 3.12. The van der Waals surface area contributed by atoms with Gasteiger partial charge in [-0.05, 0) is 6.42 Å². The molecule has 0 bridgehead atoms. The van der Waals surface area contributed by atoms with E-state index in [1.807, 2.05) is 0 Å². The lowest BCUT2D eigenvalue weighted by Gasteiger charge is -2.34. The summed E-state index contributed by atoms with van der Waals surface area (Å²) in [4.78, 5) is 29.3. The Bertz CT molecular complexity index is 999. The molecule has 0 amide bonds. The molecule has 1 aliphatic rings. The molecule has 0 aromatic carbocycles. The SMILES string of the molecule is Cn1ncc(N2CCOC(CCNc3nc(N)nc4nc[nH]c34)C2)cc1=O. The van der Waals surface area contributed by atoms with Gasteiger partial charge in [0.2, 0.25) is 5.95 Å². The molecule has 4 N–H and O–H groups in total. The summed E-state index contributed by atoms with van der Waals surface area (Å²) >= 11 is 0. The van der Waals surface area contributed by atoms with Gasteiger partial charge in [-0.2, -0.15) is 15.1 Å². The summed E-state index contributed by atoms with van der Waals surface area (Å²) in [6, 6.07) is 1.60. The molecule has 0 saturated carbocycles. The molecule has 0 radical (unpaired) electrons. The number of anilines is 3. The summed E-state index contributed by atoms with van der Waals surface area (Å²) in [6.07, 6.45) is 4.07. The number of nitrogens with zero attached hydrogens (tertiary/aromatic N) is 6. The Hall–Kier alpha value is -3.21. The summed E-state index contributed by atoms with van der Waals surface area (Å²) in [5.74, 6) is 0.800. The van der Waals surface area contributed by atoms with Crippen molar-refractivity contribution in [2.45, 2.75) is 12.5 Å². The van der Waals surface area contributed by atoms with Gasteiger partial charge in [0, 0.05) is 32.7 Å². The van der Waals surface area contributed by atoms with Gasteiger partial charge in [-0.25, -0.2) is 9.67 Å². The molecule has 3 aromatic rings. The third-order valence-corrected chi connectivity index (χ3v) is 4.52. The van der Waals surface area contributed by atoms with E-state index >= 15 is 0 Å². The topological polar surface area (TPSA) is 140 Å². The number of aromatic amines is 1. The first-order chi connectivity index (χ1) is 13.1. The molecular formula is C16H21N9O2. The molecule has 3 aromatic heterocycles. The van der Waals surface area contributed by atoms with E-state index in [-0.39, 0.29) is 17.6 Å². The van der Waals surface area contributed by atoms with E-state index in [0.29, 0.717) is 31.2 Å². The van der Waals surface area contributed by atoms with Crippen LogP contribution in [-0.2, 0) is 11.8 Å². The minimum atomic E-state index is -0.123. The molecule has 1 atom stereocenters. The van der Waals surface area contributed by atoms with Crippen molar-refractivity contribution in [3.8, 4) is 0 Å². The van der Waals surface area contributed by atoms with E-state index in [2.05, 4.69) is 35.3 Å². The largest absolute Gasteiger partial charge is 0.374 e. The summed E-state index contributed by atoms with van der Waals surface area (Å²) in [5, 5.41) is 7.35. The highest BCUT2D eigenvalue weighted by Gasteiger charge is 2.21. The maximum atomic E-state index is 11.8. The first kappa shape index (κ1) is 17.2. The number of nitrogen functional groups attached to an aromatic ring is 1. The van der Waals surface area contributed by atoms with Gasteiger partial charge in [0.25, 0.3) is 5.56 Å². The normalized spacial score (nSPS) is 17.4. The Labute approximate surface area is 154 Å². The van der Waals surface area contributed by atoms with Crippen LogP contribution < -0.4 is 21.5 Å². The average molecular weight is 371 g/mol. The van der Waals surface area contributed by atoms with Gasteiger partial charge >= 0.3 is 0 Å². The second-order valence-corrected chi connectivity index (χ2v) is 6.36. The van der Waals surface area contributed by atoms with Gasteiger partial charge in [0.1, 0.15) is 5.52 Å². The molecule has 1 unspecified atom stereocenters. The van der Waals surface area contributed by atoms with E-state index in [1.54, 1.807) is 25.6 Å². The number of ether oxygens (including phenoxy) is 1. The molecule has 0 spiro atoms. The van der Waals surface area contributed by atoms with Crippen molar-refractivity contribution in [3.05, 3.63) is 28.9 Å². The Morgan fingerprint density at radius 3 is 3.19 bits per heavy atom. The molecule has 1 saturated heterocycles. The third-order valence-electron chi connectivity index (χ3n) is 4.52. The van der Waals surface area contributed by atoms with Gasteiger partial charge in [-0.15, -0.1) is 0 Å². The Morgan fingerprint density at radius 1 is 1.44 bits per heavy atom. The van der Waals surface area contributed by atoms with Crippen LogP contribution in [0.25, 0.3) is 11.2 Å². The third kappa shape index (κ3) is 3.67. The minimum absolute atomic E-state index is 0.0340. The van der Waals surface area contributed by atoms with E-state index < -0.39 is 0 Å². The summed E-state index contributed by atoms with van der Waals surface area (Å²) in [6.45, 7) is 2.68. The van der Waals surface area contributed by atoms with Crippen LogP contribution in [-0.4, -0.2) is 62.1 Å². The van der Waals surface area contributed by atoms with E-state index in [9.17, 15) is 4.79 Å². The lowest BCUT2D eigenvalue weighted by atomic mass is 10.2. The minimum Gasteiger partial charge on any atom is -0.374 e. The van der Waals surface area contributed by atoms with Gasteiger partial charge in [0.05, 0.1) is 30.9 Å². The molecule has 11 heteroatoms. The number of hydrogen-bond acceptors (Lipinski definition) is 9. The lowest BCUT2D eigenvalue weighted by Crippen LogP contribution is -2.43. The zero-order valence-electron chi connectivity index (χ0n) is 14.9.